The van der Waals surface area contributed by atoms with Gasteiger partial charge in [-0.15, -0.1) is 0 Å². The quantitative estimate of drug-likeness (QED) is 0.853. The van der Waals surface area contributed by atoms with Crippen LogP contribution >= 0.6 is 0 Å². The van der Waals surface area contributed by atoms with Gasteiger partial charge in [0.1, 0.15) is 11.6 Å². The van der Waals surface area contributed by atoms with Crippen LogP contribution in [-0.4, -0.2) is 23.1 Å². The molecule has 0 fully saturated rings. The molecule has 0 saturated heterocycles. The van der Waals surface area contributed by atoms with Crippen molar-refractivity contribution in [2.24, 2.45) is 0 Å². The molecular weight excluding hydrogens is 311 g/mol. The highest BCUT2D eigenvalue weighted by Gasteiger charge is 2.15. The zero-order chi connectivity index (χ0) is 17.7. The summed E-state index contributed by atoms with van der Waals surface area (Å²) in [7, 11) is 1.59. The van der Waals surface area contributed by atoms with E-state index in [2.05, 4.69) is 10.3 Å². The van der Waals surface area contributed by atoms with Crippen LogP contribution in [0.1, 0.15) is 34.9 Å². The number of methoxy groups -OCH3 is 1. The Balaban J connectivity index is 1.96. The van der Waals surface area contributed by atoms with E-state index in [-0.39, 0.29) is 18.9 Å². The lowest BCUT2D eigenvalue weighted by Crippen LogP contribution is -2.25. The molecule has 5 nitrogen and oxygen atoms in total. The molecule has 128 valence electrons. The Morgan fingerprint density at radius 2 is 2.17 bits per heavy atom. The Bertz CT molecular complexity index is 734. The maximum absolute atomic E-state index is 13.2. The van der Waals surface area contributed by atoms with Gasteiger partial charge in [0.05, 0.1) is 31.9 Å². The second-order valence-corrected chi connectivity index (χ2v) is 5.60. The molecule has 0 aliphatic carbocycles. The van der Waals surface area contributed by atoms with Gasteiger partial charge in [-0.05, 0) is 31.5 Å². The molecule has 1 amide bonds. The molecule has 2 rings (SSSR count). The lowest BCUT2D eigenvalue weighted by Gasteiger charge is -2.14. The van der Waals surface area contributed by atoms with Crippen LogP contribution in [0, 0.1) is 19.7 Å². The summed E-state index contributed by atoms with van der Waals surface area (Å²) in [6.07, 6.45) is 0.489. The first-order valence-corrected chi connectivity index (χ1v) is 7.61. The molecule has 1 aromatic carbocycles. The number of hydrogen-bond donors (Lipinski definition) is 2. The number of hydrogen-bond acceptors (Lipinski definition) is 4. The van der Waals surface area contributed by atoms with Crippen molar-refractivity contribution in [1.82, 2.24) is 10.3 Å². The molecule has 24 heavy (non-hydrogen) atoms. The molecule has 1 atom stereocenters. The number of pyridine rings is 1. The predicted octanol–water partition coefficient (Wildman–Crippen LogP) is 2.59. The van der Waals surface area contributed by atoms with Crippen molar-refractivity contribution in [1.29, 1.82) is 0 Å². The fourth-order valence-electron chi connectivity index (χ4n) is 2.51. The SMILES string of the molecule is COc1c(C)cnc(CNC(=O)CC(O)c2cccc(F)c2)c1C. The molecule has 2 aromatic rings. The third-order valence-corrected chi connectivity index (χ3v) is 3.81. The van der Waals surface area contributed by atoms with E-state index in [1.165, 1.54) is 18.2 Å². The van der Waals surface area contributed by atoms with Crippen molar-refractivity contribution < 1.29 is 19.0 Å². The van der Waals surface area contributed by atoms with Crippen LogP contribution in [0.5, 0.6) is 5.75 Å². The molecule has 2 N–H and O–H groups in total. The number of amides is 1. The predicted molar refractivity (Wildman–Crippen MR) is 88.1 cm³/mol. The number of halogens is 1. The summed E-state index contributed by atoms with van der Waals surface area (Å²) >= 11 is 0. The number of rotatable bonds is 6. The van der Waals surface area contributed by atoms with Crippen molar-refractivity contribution >= 4 is 5.91 Å². The van der Waals surface area contributed by atoms with Crippen LogP contribution in [0.25, 0.3) is 0 Å². The number of carbonyl (C=O) groups is 1. The maximum Gasteiger partial charge on any atom is 0.223 e. The molecule has 0 radical (unpaired) electrons. The van der Waals surface area contributed by atoms with Gasteiger partial charge in [0.15, 0.2) is 0 Å². The minimum atomic E-state index is -1.05. The first kappa shape index (κ1) is 17.9. The second kappa shape index (κ2) is 7.88. The highest BCUT2D eigenvalue weighted by molar-refractivity contribution is 5.76. The number of nitrogens with one attached hydrogen (secondary N) is 1. The van der Waals surface area contributed by atoms with Gasteiger partial charge < -0.3 is 15.2 Å². The van der Waals surface area contributed by atoms with Crippen LogP contribution in [0.15, 0.2) is 30.5 Å². The monoisotopic (exact) mass is 332 g/mol. The van der Waals surface area contributed by atoms with Crippen LogP contribution in [0.4, 0.5) is 4.39 Å². The molecule has 1 unspecified atom stereocenters. The summed E-state index contributed by atoms with van der Waals surface area (Å²) in [6.45, 7) is 4.01. The molecular formula is C18H21FN2O3. The summed E-state index contributed by atoms with van der Waals surface area (Å²) in [6, 6.07) is 5.58. The minimum Gasteiger partial charge on any atom is -0.496 e. The van der Waals surface area contributed by atoms with Gasteiger partial charge in [-0.25, -0.2) is 4.39 Å². The Hall–Kier alpha value is -2.47. The maximum atomic E-state index is 13.2. The number of ether oxygens (including phenoxy) is 1. The van der Waals surface area contributed by atoms with E-state index in [1.54, 1.807) is 19.4 Å². The minimum absolute atomic E-state index is 0.147. The van der Waals surface area contributed by atoms with Crippen molar-refractivity contribution in [3.8, 4) is 5.75 Å². The number of carbonyl (C=O) groups excluding carboxylic acids is 1. The summed E-state index contributed by atoms with van der Waals surface area (Å²) in [4.78, 5) is 16.3. The van der Waals surface area contributed by atoms with Crippen molar-refractivity contribution in [2.75, 3.05) is 7.11 Å². The summed E-state index contributed by atoms with van der Waals surface area (Å²) in [5, 5.41) is 12.7. The van der Waals surface area contributed by atoms with Crippen molar-refractivity contribution in [3.63, 3.8) is 0 Å². The Labute approximate surface area is 140 Å². The number of aryl methyl sites for hydroxylation is 1. The third kappa shape index (κ3) is 4.29. The van der Waals surface area contributed by atoms with E-state index in [1.807, 2.05) is 13.8 Å². The molecule has 6 heteroatoms. The van der Waals surface area contributed by atoms with E-state index in [9.17, 15) is 14.3 Å². The average molecular weight is 332 g/mol. The smallest absolute Gasteiger partial charge is 0.223 e. The molecule has 0 saturated carbocycles. The Morgan fingerprint density at radius 1 is 1.42 bits per heavy atom. The summed E-state index contributed by atoms with van der Waals surface area (Å²) in [5.41, 5.74) is 2.86. The Morgan fingerprint density at radius 3 is 2.83 bits per heavy atom. The fraction of sp³-hybridized carbons (Fsp3) is 0.333. The molecule has 0 aliphatic heterocycles. The van der Waals surface area contributed by atoms with Crippen molar-refractivity contribution in [2.45, 2.75) is 32.9 Å². The standard InChI is InChI=1S/C18H21FN2O3/c1-11-9-20-15(12(2)18(11)24-3)10-21-17(23)8-16(22)13-5-4-6-14(19)7-13/h4-7,9,16,22H,8,10H2,1-3H3,(H,21,23). The zero-order valence-electron chi connectivity index (χ0n) is 14.0. The number of nitrogens with zero attached hydrogens (tertiary/aromatic N) is 1. The van der Waals surface area contributed by atoms with E-state index >= 15 is 0 Å². The van der Waals surface area contributed by atoms with Crippen LogP contribution in [0.2, 0.25) is 0 Å². The number of aromatic nitrogens is 1. The second-order valence-electron chi connectivity index (χ2n) is 5.60. The summed E-state index contributed by atoms with van der Waals surface area (Å²) < 4.78 is 18.5. The van der Waals surface area contributed by atoms with Crippen LogP contribution in [0.3, 0.4) is 0 Å². The number of aliphatic hydroxyl groups excluding tert-OH is 1. The lowest BCUT2D eigenvalue weighted by molar-refractivity contribution is -0.123. The highest BCUT2D eigenvalue weighted by atomic mass is 19.1. The van der Waals surface area contributed by atoms with E-state index in [0.717, 1.165) is 16.9 Å². The number of benzene rings is 1. The van der Waals surface area contributed by atoms with Gasteiger partial charge >= 0.3 is 0 Å². The largest absolute Gasteiger partial charge is 0.496 e. The van der Waals surface area contributed by atoms with Gasteiger partial charge in [-0.1, -0.05) is 12.1 Å². The van der Waals surface area contributed by atoms with E-state index in [0.29, 0.717) is 11.3 Å². The summed E-state index contributed by atoms with van der Waals surface area (Å²) in [5.74, 6) is -0.0416. The first-order valence-electron chi connectivity index (χ1n) is 7.61. The Kier molecular flexibility index (Phi) is 5.87. The highest BCUT2D eigenvalue weighted by Crippen LogP contribution is 2.24. The van der Waals surface area contributed by atoms with E-state index < -0.39 is 11.9 Å². The van der Waals surface area contributed by atoms with Gasteiger partial charge in [0, 0.05) is 17.3 Å². The van der Waals surface area contributed by atoms with Gasteiger partial charge in [-0.3, -0.25) is 9.78 Å². The van der Waals surface area contributed by atoms with Crippen LogP contribution in [-0.2, 0) is 11.3 Å². The fourth-order valence-corrected chi connectivity index (χ4v) is 2.51. The zero-order valence-corrected chi connectivity index (χ0v) is 14.0. The molecule has 0 aliphatic rings. The number of aliphatic hydroxyl groups is 1. The molecule has 0 spiro atoms. The molecule has 0 bridgehead atoms. The molecule has 1 aromatic heterocycles. The van der Waals surface area contributed by atoms with Gasteiger partial charge in [-0.2, -0.15) is 0 Å². The van der Waals surface area contributed by atoms with Crippen LogP contribution < -0.4 is 10.1 Å². The normalized spacial score (nSPS) is 11.9. The topological polar surface area (TPSA) is 71.5 Å². The van der Waals surface area contributed by atoms with Gasteiger partial charge in [0.25, 0.3) is 0 Å². The average Bonchev–Trinajstić information content (AvgIpc) is 2.54. The first-order chi connectivity index (χ1) is 11.4. The third-order valence-electron chi connectivity index (χ3n) is 3.81. The van der Waals surface area contributed by atoms with E-state index in [4.69, 9.17) is 4.74 Å². The van der Waals surface area contributed by atoms with Crippen molar-refractivity contribution in [3.05, 3.63) is 58.7 Å². The van der Waals surface area contributed by atoms with Gasteiger partial charge in [0.2, 0.25) is 5.91 Å². The molecule has 1 heterocycles. The lowest BCUT2D eigenvalue weighted by atomic mass is 10.1.